The van der Waals surface area contributed by atoms with Crippen molar-refractivity contribution in [3.05, 3.63) is 0 Å². The van der Waals surface area contributed by atoms with Crippen molar-refractivity contribution < 1.29 is 19.4 Å². The maximum Gasteiger partial charge on any atom is 0.422 e. The predicted molar refractivity (Wildman–Crippen MR) is 49.6 cm³/mol. The summed E-state index contributed by atoms with van der Waals surface area (Å²) < 4.78 is 4.86. The summed E-state index contributed by atoms with van der Waals surface area (Å²) in [4.78, 5) is 21.3. The standard InChI is InChI=1S/C8H16N2O4/c1-5(6(11)12)9-10-7(13)14-8(2,3)4/h5,9H,1-4H3,(H,10,13)(H,11,12). The number of amides is 1. The molecular weight excluding hydrogens is 188 g/mol. The van der Waals surface area contributed by atoms with Crippen molar-refractivity contribution in [2.45, 2.75) is 39.3 Å². The Labute approximate surface area is 82.6 Å². The lowest BCUT2D eigenvalue weighted by atomic mass is 10.2. The zero-order valence-corrected chi connectivity index (χ0v) is 8.75. The number of rotatable bonds is 3. The number of ether oxygens (including phenoxy) is 1. The third-order valence-electron chi connectivity index (χ3n) is 1.16. The molecule has 3 N–H and O–H groups in total. The van der Waals surface area contributed by atoms with E-state index in [2.05, 4.69) is 10.9 Å². The summed E-state index contributed by atoms with van der Waals surface area (Å²) in [6.07, 6.45) is -0.703. The van der Waals surface area contributed by atoms with Gasteiger partial charge in [0.2, 0.25) is 0 Å². The SMILES string of the molecule is CC(NNC(=O)OC(C)(C)C)C(=O)O. The molecule has 1 atom stereocenters. The summed E-state index contributed by atoms with van der Waals surface area (Å²) in [5, 5.41) is 8.47. The van der Waals surface area contributed by atoms with E-state index in [4.69, 9.17) is 9.84 Å². The lowest BCUT2D eigenvalue weighted by Crippen LogP contribution is -2.48. The van der Waals surface area contributed by atoms with Crippen LogP contribution in [0.1, 0.15) is 27.7 Å². The molecule has 0 spiro atoms. The smallest absolute Gasteiger partial charge is 0.422 e. The molecule has 6 nitrogen and oxygen atoms in total. The van der Waals surface area contributed by atoms with Gasteiger partial charge in [-0.25, -0.2) is 10.2 Å². The molecule has 0 heterocycles. The van der Waals surface area contributed by atoms with Crippen LogP contribution in [0.4, 0.5) is 4.79 Å². The third kappa shape index (κ3) is 6.24. The van der Waals surface area contributed by atoms with E-state index in [1.165, 1.54) is 6.92 Å². The summed E-state index contributed by atoms with van der Waals surface area (Å²) >= 11 is 0. The van der Waals surface area contributed by atoms with E-state index in [0.717, 1.165) is 0 Å². The van der Waals surface area contributed by atoms with Crippen LogP contribution in [0.5, 0.6) is 0 Å². The van der Waals surface area contributed by atoms with Crippen molar-refractivity contribution in [3.63, 3.8) is 0 Å². The molecule has 0 radical (unpaired) electrons. The Morgan fingerprint density at radius 3 is 2.21 bits per heavy atom. The number of carboxylic acids is 1. The number of hydrogen-bond donors (Lipinski definition) is 3. The van der Waals surface area contributed by atoms with Crippen LogP contribution in [0.25, 0.3) is 0 Å². The molecule has 1 amide bonds. The van der Waals surface area contributed by atoms with Gasteiger partial charge in [0.25, 0.3) is 0 Å². The van der Waals surface area contributed by atoms with Crippen molar-refractivity contribution in [1.29, 1.82) is 0 Å². The van der Waals surface area contributed by atoms with Crippen molar-refractivity contribution >= 4 is 12.1 Å². The minimum atomic E-state index is -1.05. The maximum absolute atomic E-state index is 11.0. The van der Waals surface area contributed by atoms with E-state index in [1.54, 1.807) is 20.8 Å². The van der Waals surface area contributed by atoms with Gasteiger partial charge in [0.05, 0.1) is 0 Å². The Morgan fingerprint density at radius 2 is 1.86 bits per heavy atom. The normalized spacial score (nSPS) is 13.1. The Morgan fingerprint density at radius 1 is 1.36 bits per heavy atom. The van der Waals surface area contributed by atoms with Gasteiger partial charge in [-0.3, -0.25) is 10.2 Å². The van der Waals surface area contributed by atoms with E-state index in [0.29, 0.717) is 0 Å². The molecule has 0 aromatic carbocycles. The Bertz CT molecular complexity index is 222. The molecule has 0 aliphatic heterocycles. The molecule has 82 valence electrons. The maximum atomic E-state index is 11.0. The summed E-state index contributed by atoms with van der Waals surface area (Å²) in [6, 6.07) is -0.859. The molecule has 0 fully saturated rings. The predicted octanol–water partition coefficient (Wildman–Crippen LogP) is 0.489. The van der Waals surface area contributed by atoms with E-state index < -0.39 is 23.7 Å². The number of hydrogen-bond acceptors (Lipinski definition) is 4. The van der Waals surface area contributed by atoms with Crippen LogP contribution in [0.2, 0.25) is 0 Å². The summed E-state index contributed by atoms with van der Waals surface area (Å²) in [7, 11) is 0. The van der Waals surface area contributed by atoms with E-state index in [9.17, 15) is 9.59 Å². The molecule has 0 aliphatic rings. The summed E-state index contributed by atoms with van der Waals surface area (Å²) in [6.45, 7) is 6.55. The second-order valence-corrected chi connectivity index (χ2v) is 3.83. The lowest BCUT2D eigenvalue weighted by Gasteiger charge is -2.20. The van der Waals surface area contributed by atoms with Crippen LogP contribution in [0.15, 0.2) is 0 Å². The van der Waals surface area contributed by atoms with Gasteiger partial charge in [0.15, 0.2) is 0 Å². The average Bonchev–Trinajstić information content (AvgIpc) is 1.96. The molecule has 1 unspecified atom stereocenters. The first-order chi connectivity index (χ1) is 6.22. The van der Waals surface area contributed by atoms with Crippen molar-refractivity contribution in [3.8, 4) is 0 Å². The quantitative estimate of drug-likeness (QED) is 0.582. The van der Waals surface area contributed by atoms with Crippen LogP contribution in [0.3, 0.4) is 0 Å². The van der Waals surface area contributed by atoms with Gasteiger partial charge in [-0.1, -0.05) is 0 Å². The van der Waals surface area contributed by atoms with Gasteiger partial charge in [0, 0.05) is 0 Å². The van der Waals surface area contributed by atoms with Gasteiger partial charge < -0.3 is 9.84 Å². The molecule has 0 bridgehead atoms. The number of aliphatic carboxylic acids is 1. The van der Waals surface area contributed by atoms with Crippen LogP contribution in [-0.4, -0.2) is 28.8 Å². The van der Waals surface area contributed by atoms with Crippen molar-refractivity contribution in [1.82, 2.24) is 10.9 Å². The molecule has 0 rings (SSSR count). The first kappa shape index (κ1) is 12.7. The zero-order chi connectivity index (χ0) is 11.4. The second kappa shape index (κ2) is 4.80. The summed E-state index contributed by atoms with van der Waals surface area (Å²) in [5.74, 6) is -1.05. The monoisotopic (exact) mass is 204 g/mol. The number of carbonyl (C=O) groups excluding carboxylic acids is 1. The molecule has 0 aromatic heterocycles. The molecular formula is C8H16N2O4. The minimum Gasteiger partial charge on any atom is -0.480 e. The molecule has 0 saturated carbocycles. The highest BCUT2D eigenvalue weighted by atomic mass is 16.6. The van der Waals surface area contributed by atoms with Crippen LogP contribution < -0.4 is 10.9 Å². The molecule has 0 aromatic rings. The largest absolute Gasteiger partial charge is 0.480 e. The fourth-order valence-corrected chi connectivity index (χ4v) is 0.533. The van der Waals surface area contributed by atoms with E-state index in [-0.39, 0.29) is 0 Å². The van der Waals surface area contributed by atoms with Crippen LogP contribution in [-0.2, 0) is 9.53 Å². The highest BCUT2D eigenvalue weighted by Crippen LogP contribution is 2.05. The lowest BCUT2D eigenvalue weighted by molar-refractivity contribution is -0.139. The van der Waals surface area contributed by atoms with Crippen molar-refractivity contribution in [2.75, 3.05) is 0 Å². The molecule has 6 heteroatoms. The van der Waals surface area contributed by atoms with Gasteiger partial charge in [-0.15, -0.1) is 0 Å². The summed E-state index contributed by atoms with van der Waals surface area (Å²) in [5.41, 5.74) is 3.81. The zero-order valence-electron chi connectivity index (χ0n) is 8.75. The number of hydrazine groups is 1. The molecule has 14 heavy (non-hydrogen) atoms. The fraction of sp³-hybridized carbons (Fsp3) is 0.750. The topological polar surface area (TPSA) is 87.7 Å². The van der Waals surface area contributed by atoms with E-state index >= 15 is 0 Å². The second-order valence-electron chi connectivity index (χ2n) is 3.83. The Balaban J connectivity index is 3.81. The highest BCUT2D eigenvalue weighted by molar-refractivity contribution is 5.74. The molecule has 0 saturated heterocycles. The minimum absolute atomic E-state index is 0.599. The van der Waals surface area contributed by atoms with Crippen LogP contribution in [0, 0.1) is 0 Å². The van der Waals surface area contributed by atoms with Gasteiger partial charge in [-0.2, -0.15) is 0 Å². The first-order valence-corrected chi connectivity index (χ1v) is 4.19. The molecule has 0 aliphatic carbocycles. The van der Waals surface area contributed by atoms with Gasteiger partial charge in [-0.05, 0) is 27.7 Å². The van der Waals surface area contributed by atoms with Gasteiger partial charge >= 0.3 is 12.1 Å². The number of carboxylic acid groups (broad SMARTS) is 1. The Hall–Kier alpha value is -1.30. The highest BCUT2D eigenvalue weighted by Gasteiger charge is 2.17. The number of carbonyl (C=O) groups is 2. The van der Waals surface area contributed by atoms with Crippen molar-refractivity contribution in [2.24, 2.45) is 0 Å². The first-order valence-electron chi connectivity index (χ1n) is 4.19. The average molecular weight is 204 g/mol. The fourth-order valence-electron chi connectivity index (χ4n) is 0.533. The Kier molecular flexibility index (Phi) is 4.36. The van der Waals surface area contributed by atoms with Gasteiger partial charge in [0.1, 0.15) is 11.6 Å². The third-order valence-corrected chi connectivity index (χ3v) is 1.16. The number of nitrogens with one attached hydrogen (secondary N) is 2. The van der Waals surface area contributed by atoms with Crippen LogP contribution >= 0.6 is 0 Å². The van der Waals surface area contributed by atoms with E-state index in [1.807, 2.05) is 0 Å².